The fourth-order valence-electron chi connectivity index (χ4n) is 3.07. The summed E-state index contributed by atoms with van der Waals surface area (Å²) in [4.78, 5) is 25.6. The summed E-state index contributed by atoms with van der Waals surface area (Å²) >= 11 is 0. The Morgan fingerprint density at radius 3 is 2.45 bits per heavy atom. The van der Waals surface area contributed by atoms with Crippen LogP contribution < -0.4 is 14.8 Å². The van der Waals surface area contributed by atoms with Gasteiger partial charge in [0, 0.05) is 11.6 Å². The van der Waals surface area contributed by atoms with Crippen molar-refractivity contribution in [2.75, 3.05) is 19.0 Å². The number of carbonyl (C=O) groups is 2. The molecule has 0 spiro atoms. The number of hydrogen-bond donors (Lipinski definition) is 2. The monoisotopic (exact) mass is 447 g/mol. The second-order valence-electron chi connectivity index (χ2n) is 6.91. The average Bonchev–Trinajstić information content (AvgIpc) is 2.84. The topological polar surface area (TPSA) is 94.1 Å². The Morgan fingerprint density at radius 2 is 1.73 bits per heavy atom. The molecule has 0 bridgehead atoms. The van der Waals surface area contributed by atoms with Crippen molar-refractivity contribution >= 4 is 23.6 Å². The lowest BCUT2D eigenvalue weighted by atomic mass is 10.1. The van der Waals surface area contributed by atoms with E-state index in [4.69, 9.17) is 14.2 Å². The SMILES string of the molecule is CCOc1ccccc1NC(=O)[C@H](OC(=O)/C=C/c1ccc(O)c(OC)c1)c1ccccc1. The molecular weight excluding hydrogens is 422 g/mol. The van der Waals surface area contributed by atoms with Crippen LogP contribution in [0.1, 0.15) is 24.2 Å². The Bertz CT molecular complexity index is 1130. The molecule has 0 aliphatic heterocycles. The number of methoxy groups -OCH3 is 1. The van der Waals surface area contributed by atoms with Crippen LogP contribution >= 0.6 is 0 Å². The van der Waals surface area contributed by atoms with Crippen LogP contribution in [0.4, 0.5) is 5.69 Å². The molecule has 7 heteroatoms. The summed E-state index contributed by atoms with van der Waals surface area (Å²) < 4.78 is 16.1. The highest BCUT2D eigenvalue weighted by molar-refractivity contribution is 5.98. The van der Waals surface area contributed by atoms with Crippen molar-refractivity contribution in [3.8, 4) is 17.2 Å². The molecule has 33 heavy (non-hydrogen) atoms. The minimum absolute atomic E-state index is 0.00891. The van der Waals surface area contributed by atoms with Gasteiger partial charge in [0.05, 0.1) is 19.4 Å². The summed E-state index contributed by atoms with van der Waals surface area (Å²) in [6.07, 6.45) is 1.55. The van der Waals surface area contributed by atoms with E-state index >= 15 is 0 Å². The van der Waals surface area contributed by atoms with E-state index in [9.17, 15) is 14.7 Å². The van der Waals surface area contributed by atoms with Crippen molar-refractivity contribution < 1.29 is 28.9 Å². The van der Waals surface area contributed by atoms with Gasteiger partial charge in [-0.2, -0.15) is 0 Å². The first-order valence-corrected chi connectivity index (χ1v) is 10.3. The maximum Gasteiger partial charge on any atom is 0.331 e. The molecule has 0 saturated carbocycles. The van der Waals surface area contributed by atoms with Crippen molar-refractivity contribution in [3.05, 3.63) is 90.0 Å². The number of phenols is 1. The van der Waals surface area contributed by atoms with Crippen molar-refractivity contribution in [3.63, 3.8) is 0 Å². The molecule has 3 aromatic carbocycles. The molecule has 0 saturated heterocycles. The molecule has 3 aromatic rings. The van der Waals surface area contributed by atoms with Crippen LogP contribution in [0.3, 0.4) is 0 Å². The molecule has 7 nitrogen and oxygen atoms in total. The van der Waals surface area contributed by atoms with Gasteiger partial charge in [-0.15, -0.1) is 0 Å². The number of benzene rings is 3. The number of esters is 1. The van der Waals surface area contributed by atoms with E-state index in [0.717, 1.165) is 0 Å². The molecule has 0 unspecified atom stereocenters. The second-order valence-corrected chi connectivity index (χ2v) is 6.91. The summed E-state index contributed by atoms with van der Waals surface area (Å²) in [5.74, 6) is -0.427. The zero-order chi connectivity index (χ0) is 23.6. The van der Waals surface area contributed by atoms with E-state index in [0.29, 0.717) is 29.2 Å². The number of ether oxygens (including phenoxy) is 3. The summed E-state index contributed by atoms with van der Waals surface area (Å²) in [6.45, 7) is 2.29. The summed E-state index contributed by atoms with van der Waals surface area (Å²) in [5.41, 5.74) is 1.62. The Labute approximate surface area is 192 Å². The van der Waals surface area contributed by atoms with Crippen LogP contribution in [0.25, 0.3) is 6.08 Å². The first-order valence-electron chi connectivity index (χ1n) is 10.3. The van der Waals surface area contributed by atoms with Crippen molar-refractivity contribution in [2.45, 2.75) is 13.0 Å². The molecule has 0 heterocycles. The number of rotatable bonds is 9. The predicted molar refractivity (Wildman–Crippen MR) is 125 cm³/mol. The highest BCUT2D eigenvalue weighted by atomic mass is 16.5. The number of amides is 1. The third-order valence-electron chi connectivity index (χ3n) is 4.63. The number of phenolic OH excluding ortho intramolecular Hbond substituents is 1. The molecule has 1 amide bonds. The largest absolute Gasteiger partial charge is 0.504 e. The number of anilines is 1. The average molecular weight is 447 g/mol. The van der Waals surface area contributed by atoms with Crippen LogP contribution in [0.5, 0.6) is 17.2 Å². The van der Waals surface area contributed by atoms with Gasteiger partial charge in [0.1, 0.15) is 5.75 Å². The number of hydrogen-bond acceptors (Lipinski definition) is 6. The van der Waals surface area contributed by atoms with Gasteiger partial charge in [-0.3, -0.25) is 4.79 Å². The Morgan fingerprint density at radius 1 is 1.00 bits per heavy atom. The third kappa shape index (κ3) is 6.36. The molecule has 0 aliphatic rings. The molecule has 1 atom stereocenters. The highest BCUT2D eigenvalue weighted by Gasteiger charge is 2.25. The van der Waals surface area contributed by atoms with E-state index in [1.54, 1.807) is 60.7 Å². The number of nitrogens with one attached hydrogen (secondary N) is 1. The van der Waals surface area contributed by atoms with Crippen molar-refractivity contribution in [1.29, 1.82) is 0 Å². The van der Waals surface area contributed by atoms with Gasteiger partial charge in [-0.25, -0.2) is 4.79 Å². The van der Waals surface area contributed by atoms with Crippen LogP contribution in [-0.4, -0.2) is 30.7 Å². The van der Waals surface area contributed by atoms with Gasteiger partial charge >= 0.3 is 5.97 Å². The normalized spacial score (nSPS) is 11.6. The quantitative estimate of drug-likeness (QED) is 0.364. The Balaban J connectivity index is 1.79. The lowest BCUT2D eigenvalue weighted by Crippen LogP contribution is -2.25. The molecule has 0 aliphatic carbocycles. The third-order valence-corrected chi connectivity index (χ3v) is 4.63. The van der Waals surface area contributed by atoms with Crippen molar-refractivity contribution in [1.82, 2.24) is 0 Å². The standard InChI is InChI=1S/C26H25NO6/c1-3-32-22-12-8-7-11-20(22)27-26(30)25(19-9-5-4-6-10-19)33-24(29)16-14-18-13-15-21(28)23(17-18)31-2/h4-17,25,28H,3H2,1-2H3,(H,27,30)/b16-14+/t25-/m1/s1. The van der Waals surface area contributed by atoms with Gasteiger partial charge in [-0.1, -0.05) is 48.5 Å². The van der Waals surface area contributed by atoms with E-state index in [-0.39, 0.29) is 11.5 Å². The number of para-hydroxylation sites is 2. The minimum atomic E-state index is -1.17. The minimum Gasteiger partial charge on any atom is -0.504 e. The van der Waals surface area contributed by atoms with Gasteiger partial charge < -0.3 is 24.6 Å². The highest BCUT2D eigenvalue weighted by Crippen LogP contribution is 2.28. The molecule has 0 radical (unpaired) electrons. The summed E-state index contributed by atoms with van der Waals surface area (Å²) in [6, 6.07) is 20.4. The molecule has 170 valence electrons. The first-order chi connectivity index (χ1) is 16.0. The Kier molecular flexibility index (Phi) is 8.07. The van der Waals surface area contributed by atoms with Crippen LogP contribution in [-0.2, 0) is 14.3 Å². The van der Waals surface area contributed by atoms with Gasteiger partial charge in [0.15, 0.2) is 11.5 Å². The van der Waals surface area contributed by atoms with E-state index in [1.165, 1.54) is 25.3 Å². The van der Waals surface area contributed by atoms with Crippen LogP contribution in [0.2, 0.25) is 0 Å². The van der Waals surface area contributed by atoms with Crippen LogP contribution in [0, 0.1) is 0 Å². The summed E-state index contributed by atoms with van der Waals surface area (Å²) in [5, 5.41) is 12.5. The zero-order valence-corrected chi connectivity index (χ0v) is 18.4. The zero-order valence-electron chi connectivity index (χ0n) is 18.4. The van der Waals surface area contributed by atoms with E-state index < -0.39 is 18.0 Å². The molecule has 0 fully saturated rings. The lowest BCUT2D eigenvalue weighted by Gasteiger charge is -2.18. The van der Waals surface area contributed by atoms with Crippen LogP contribution in [0.15, 0.2) is 78.9 Å². The molecule has 3 rings (SSSR count). The smallest absolute Gasteiger partial charge is 0.331 e. The number of carbonyl (C=O) groups excluding carboxylic acids is 2. The Hall–Kier alpha value is -4.26. The summed E-state index contributed by atoms with van der Waals surface area (Å²) in [7, 11) is 1.43. The number of aromatic hydroxyl groups is 1. The first kappa shape index (κ1) is 23.4. The van der Waals surface area contributed by atoms with Gasteiger partial charge in [0.2, 0.25) is 6.10 Å². The maximum atomic E-state index is 13.1. The molecule has 2 N–H and O–H groups in total. The van der Waals surface area contributed by atoms with E-state index in [1.807, 2.05) is 13.0 Å². The molecule has 0 aromatic heterocycles. The van der Waals surface area contributed by atoms with E-state index in [2.05, 4.69) is 5.32 Å². The van der Waals surface area contributed by atoms with Gasteiger partial charge in [0.25, 0.3) is 5.91 Å². The fourth-order valence-corrected chi connectivity index (χ4v) is 3.07. The predicted octanol–water partition coefficient (Wildman–Crippen LogP) is 4.74. The van der Waals surface area contributed by atoms with Crippen molar-refractivity contribution in [2.24, 2.45) is 0 Å². The lowest BCUT2D eigenvalue weighted by molar-refractivity contribution is -0.149. The fraction of sp³-hybridized carbons (Fsp3) is 0.154. The second kappa shape index (κ2) is 11.4. The maximum absolute atomic E-state index is 13.1. The van der Waals surface area contributed by atoms with Gasteiger partial charge in [-0.05, 0) is 42.8 Å². The molecular formula is C26H25NO6.